The smallest absolute Gasteiger partial charge is 0.328 e. The highest BCUT2D eigenvalue weighted by Gasteiger charge is 2.47. The third-order valence-electron chi connectivity index (χ3n) is 3.47. The second-order valence-corrected chi connectivity index (χ2v) is 5.81. The first-order valence-corrected chi connectivity index (χ1v) is 6.45. The van der Waals surface area contributed by atoms with Crippen LogP contribution in [0.2, 0.25) is 0 Å². The van der Waals surface area contributed by atoms with Crippen LogP contribution in [0.25, 0.3) is 0 Å². The quantitative estimate of drug-likeness (QED) is 0.736. The van der Waals surface area contributed by atoms with Crippen molar-refractivity contribution in [2.45, 2.75) is 63.6 Å². The van der Waals surface area contributed by atoms with Crippen molar-refractivity contribution in [1.29, 1.82) is 0 Å². The van der Waals surface area contributed by atoms with Crippen LogP contribution in [-0.2, 0) is 9.53 Å². The summed E-state index contributed by atoms with van der Waals surface area (Å²) < 4.78 is 5.56. The van der Waals surface area contributed by atoms with Gasteiger partial charge in [0.1, 0.15) is 11.1 Å². The summed E-state index contributed by atoms with van der Waals surface area (Å²) in [5, 5.41) is 6.45. The fourth-order valence-corrected chi connectivity index (χ4v) is 2.58. The number of likely N-dealkylation sites (N-methyl/N-ethyl adjacent to an activating group) is 2. The van der Waals surface area contributed by atoms with Crippen molar-refractivity contribution in [2.75, 3.05) is 14.1 Å². The average Bonchev–Trinajstić information content (AvgIpc) is 2.26. The molecule has 0 spiro atoms. The Morgan fingerprint density at radius 2 is 1.94 bits per heavy atom. The molecule has 0 radical (unpaired) electrons. The van der Waals surface area contributed by atoms with Crippen LogP contribution in [0, 0.1) is 0 Å². The molecule has 4 nitrogen and oxygen atoms in total. The molecule has 4 heteroatoms. The second-order valence-electron chi connectivity index (χ2n) is 5.81. The number of hydrogen-bond acceptors (Lipinski definition) is 4. The van der Waals surface area contributed by atoms with Crippen LogP contribution in [0.15, 0.2) is 0 Å². The average molecular weight is 242 g/mol. The van der Waals surface area contributed by atoms with Gasteiger partial charge >= 0.3 is 5.97 Å². The molecule has 0 heterocycles. The summed E-state index contributed by atoms with van der Waals surface area (Å²) in [5.41, 5.74) is -1.00. The number of esters is 1. The molecule has 2 unspecified atom stereocenters. The molecule has 0 bridgehead atoms. The zero-order valence-electron chi connectivity index (χ0n) is 11.7. The lowest BCUT2D eigenvalue weighted by atomic mass is 9.77. The van der Waals surface area contributed by atoms with Gasteiger partial charge in [-0.3, -0.25) is 0 Å². The van der Waals surface area contributed by atoms with Crippen LogP contribution in [0.5, 0.6) is 0 Å². The Morgan fingerprint density at radius 1 is 1.29 bits per heavy atom. The van der Waals surface area contributed by atoms with Crippen LogP contribution in [-0.4, -0.2) is 37.2 Å². The van der Waals surface area contributed by atoms with Crippen molar-refractivity contribution < 1.29 is 9.53 Å². The number of hydrogen-bond donors (Lipinski definition) is 2. The summed E-state index contributed by atoms with van der Waals surface area (Å²) in [4.78, 5) is 12.4. The molecule has 2 N–H and O–H groups in total. The first kappa shape index (κ1) is 14.5. The largest absolute Gasteiger partial charge is 0.459 e. The molecular formula is C13H26N2O2. The monoisotopic (exact) mass is 242 g/mol. The Kier molecular flexibility index (Phi) is 4.55. The molecule has 0 aromatic heterocycles. The first-order chi connectivity index (χ1) is 7.85. The van der Waals surface area contributed by atoms with Crippen LogP contribution < -0.4 is 10.6 Å². The molecule has 0 aromatic carbocycles. The van der Waals surface area contributed by atoms with Gasteiger partial charge in [-0.1, -0.05) is 12.8 Å². The van der Waals surface area contributed by atoms with Crippen molar-refractivity contribution in [3.63, 3.8) is 0 Å². The molecule has 0 saturated heterocycles. The Hall–Kier alpha value is -0.610. The first-order valence-electron chi connectivity index (χ1n) is 6.45. The van der Waals surface area contributed by atoms with Gasteiger partial charge in [0.15, 0.2) is 0 Å². The van der Waals surface area contributed by atoms with Gasteiger partial charge in [-0.25, -0.2) is 4.79 Å². The van der Waals surface area contributed by atoms with Crippen molar-refractivity contribution >= 4 is 5.97 Å². The molecule has 1 fully saturated rings. The minimum absolute atomic E-state index is 0.133. The number of carbonyl (C=O) groups excluding carboxylic acids is 1. The van der Waals surface area contributed by atoms with Gasteiger partial charge in [0, 0.05) is 6.04 Å². The summed E-state index contributed by atoms with van der Waals surface area (Å²) in [7, 11) is 3.76. The predicted molar refractivity (Wildman–Crippen MR) is 69.0 cm³/mol. The highest BCUT2D eigenvalue weighted by molar-refractivity contribution is 5.82. The van der Waals surface area contributed by atoms with E-state index in [4.69, 9.17) is 4.74 Å². The van der Waals surface area contributed by atoms with E-state index in [0.29, 0.717) is 0 Å². The molecule has 0 aliphatic heterocycles. The van der Waals surface area contributed by atoms with E-state index < -0.39 is 11.1 Å². The van der Waals surface area contributed by atoms with E-state index in [2.05, 4.69) is 10.6 Å². The minimum Gasteiger partial charge on any atom is -0.459 e. The molecule has 0 aromatic rings. The molecular weight excluding hydrogens is 216 g/mol. The number of nitrogens with one attached hydrogen (secondary N) is 2. The maximum absolute atomic E-state index is 12.4. The molecule has 1 rings (SSSR count). The number of ether oxygens (including phenoxy) is 1. The van der Waals surface area contributed by atoms with E-state index in [9.17, 15) is 4.79 Å². The fraction of sp³-hybridized carbons (Fsp3) is 0.923. The second kappa shape index (κ2) is 5.36. The molecule has 2 atom stereocenters. The predicted octanol–water partition coefficient (Wildman–Crippen LogP) is 1.45. The van der Waals surface area contributed by atoms with Gasteiger partial charge in [-0.05, 0) is 47.7 Å². The fourth-order valence-electron chi connectivity index (χ4n) is 2.58. The van der Waals surface area contributed by atoms with E-state index in [0.717, 1.165) is 25.7 Å². The van der Waals surface area contributed by atoms with Gasteiger partial charge in [0.25, 0.3) is 0 Å². The van der Waals surface area contributed by atoms with Crippen molar-refractivity contribution in [3.8, 4) is 0 Å². The van der Waals surface area contributed by atoms with Gasteiger partial charge in [-0.15, -0.1) is 0 Å². The van der Waals surface area contributed by atoms with Crippen molar-refractivity contribution in [2.24, 2.45) is 0 Å². The van der Waals surface area contributed by atoms with E-state index in [-0.39, 0.29) is 12.0 Å². The van der Waals surface area contributed by atoms with Crippen molar-refractivity contribution in [3.05, 3.63) is 0 Å². The number of carbonyl (C=O) groups is 1. The van der Waals surface area contributed by atoms with Gasteiger partial charge in [0.05, 0.1) is 0 Å². The lowest BCUT2D eigenvalue weighted by molar-refractivity contribution is -0.166. The maximum Gasteiger partial charge on any atom is 0.328 e. The van der Waals surface area contributed by atoms with Crippen LogP contribution in [0.1, 0.15) is 46.5 Å². The molecule has 1 saturated carbocycles. The van der Waals surface area contributed by atoms with E-state index in [1.54, 1.807) is 0 Å². The Balaban J connectivity index is 2.88. The normalized spacial score (nSPS) is 30.1. The molecule has 1 aliphatic carbocycles. The topological polar surface area (TPSA) is 50.4 Å². The minimum atomic E-state index is -0.569. The highest BCUT2D eigenvalue weighted by Crippen LogP contribution is 2.30. The summed E-state index contributed by atoms with van der Waals surface area (Å²) >= 11 is 0. The highest BCUT2D eigenvalue weighted by atomic mass is 16.6. The molecule has 100 valence electrons. The Labute approximate surface area is 104 Å². The molecule has 17 heavy (non-hydrogen) atoms. The summed E-state index contributed by atoms with van der Waals surface area (Å²) in [6.45, 7) is 5.72. The van der Waals surface area contributed by atoms with Crippen LogP contribution in [0.4, 0.5) is 0 Å². The van der Waals surface area contributed by atoms with E-state index in [1.807, 2.05) is 34.9 Å². The standard InChI is InChI=1S/C13H26N2O2/c1-12(2,3)17-11(16)13(15-5)9-7-6-8-10(13)14-4/h10,14-15H,6-9H2,1-5H3. The summed E-state index contributed by atoms with van der Waals surface area (Å²) in [6, 6.07) is 0.149. The lowest BCUT2D eigenvalue weighted by Gasteiger charge is -2.43. The van der Waals surface area contributed by atoms with Gasteiger partial charge < -0.3 is 15.4 Å². The Morgan fingerprint density at radius 3 is 2.41 bits per heavy atom. The molecule has 1 aliphatic rings. The van der Waals surface area contributed by atoms with Crippen molar-refractivity contribution in [1.82, 2.24) is 10.6 Å². The maximum atomic E-state index is 12.4. The zero-order chi connectivity index (χ0) is 13.1. The SMILES string of the molecule is CNC1CCCCC1(NC)C(=O)OC(C)(C)C. The van der Waals surface area contributed by atoms with E-state index in [1.165, 1.54) is 0 Å². The van der Waals surface area contributed by atoms with E-state index >= 15 is 0 Å². The third-order valence-corrected chi connectivity index (χ3v) is 3.47. The van der Waals surface area contributed by atoms with Crippen LogP contribution in [0.3, 0.4) is 0 Å². The third kappa shape index (κ3) is 3.19. The zero-order valence-corrected chi connectivity index (χ0v) is 11.7. The van der Waals surface area contributed by atoms with Gasteiger partial charge in [-0.2, -0.15) is 0 Å². The van der Waals surface area contributed by atoms with Gasteiger partial charge in [0.2, 0.25) is 0 Å². The van der Waals surface area contributed by atoms with Crippen LogP contribution >= 0.6 is 0 Å². The summed E-state index contributed by atoms with van der Waals surface area (Å²) in [5.74, 6) is -0.133. The lowest BCUT2D eigenvalue weighted by Crippen LogP contribution is -2.65. The molecule has 0 amide bonds. The summed E-state index contributed by atoms with van der Waals surface area (Å²) in [6.07, 6.45) is 4.08. The Bertz CT molecular complexity index is 273. The number of rotatable bonds is 3.